The van der Waals surface area contributed by atoms with Crippen molar-refractivity contribution in [2.45, 2.75) is 34.2 Å². The lowest BCUT2D eigenvalue weighted by Gasteiger charge is -2.15. The minimum absolute atomic E-state index is 0.201. The Balaban J connectivity index is 2.24. The average Bonchev–Trinajstić information content (AvgIpc) is 2.66. The van der Waals surface area contributed by atoms with Gasteiger partial charge in [0.25, 0.3) is 5.56 Å². The Kier molecular flexibility index (Phi) is 5.94. The van der Waals surface area contributed by atoms with Gasteiger partial charge in [-0.15, -0.1) is 0 Å². The van der Waals surface area contributed by atoms with Gasteiger partial charge >= 0.3 is 5.69 Å². The van der Waals surface area contributed by atoms with E-state index in [9.17, 15) is 14.4 Å². The third kappa shape index (κ3) is 4.27. The molecule has 3 aromatic rings. The monoisotopic (exact) mass is 413 g/mol. The molecule has 7 heteroatoms. The van der Waals surface area contributed by atoms with Gasteiger partial charge in [0.1, 0.15) is 6.54 Å². The molecule has 0 saturated carbocycles. The average molecular weight is 414 g/mol. The minimum Gasteiger partial charge on any atom is -0.354 e. The van der Waals surface area contributed by atoms with Crippen LogP contribution in [0.2, 0.25) is 5.02 Å². The first-order chi connectivity index (χ1) is 13.7. The molecular formula is C22H24ClN3O3. The van der Waals surface area contributed by atoms with Gasteiger partial charge < -0.3 is 5.32 Å². The maximum atomic E-state index is 13.3. The molecule has 0 spiro atoms. The van der Waals surface area contributed by atoms with Gasteiger partial charge in [0.15, 0.2) is 0 Å². The van der Waals surface area contributed by atoms with Crippen LogP contribution in [0.1, 0.15) is 25.0 Å². The number of halogens is 1. The van der Waals surface area contributed by atoms with E-state index in [0.29, 0.717) is 28.2 Å². The molecule has 0 unspecified atom stereocenters. The maximum absolute atomic E-state index is 13.3. The summed E-state index contributed by atoms with van der Waals surface area (Å²) in [5.74, 6) is -0.0151. The SMILES string of the molecule is Cc1ccc(-n2c(=O)c3ccc(Cl)cc3n(CC(=O)NCC(C)C)c2=O)cc1C. The molecular weight excluding hydrogens is 390 g/mol. The van der Waals surface area contributed by atoms with Crippen molar-refractivity contribution in [1.82, 2.24) is 14.5 Å². The summed E-state index contributed by atoms with van der Waals surface area (Å²) in [6, 6.07) is 10.1. The van der Waals surface area contributed by atoms with E-state index in [1.54, 1.807) is 30.3 Å². The van der Waals surface area contributed by atoms with Crippen molar-refractivity contribution < 1.29 is 4.79 Å². The summed E-state index contributed by atoms with van der Waals surface area (Å²) in [6.07, 6.45) is 0. The van der Waals surface area contributed by atoms with Crippen molar-refractivity contribution in [2.24, 2.45) is 5.92 Å². The summed E-state index contributed by atoms with van der Waals surface area (Å²) in [5, 5.41) is 3.52. The van der Waals surface area contributed by atoms with Gasteiger partial charge in [0.05, 0.1) is 16.6 Å². The van der Waals surface area contributed by atoms with Crippen LogP contribution in [-0.4, -0.2) is 21.6 Å². The molecule has 1 amide bonds. The van der Waals surface area contributed by atoms with Crippen LogP contribution in [-0.2, 0) is 11.3 Å². The topological polar surface area (TPSA) is 73.1 Å². The Morgan fingerprint density at radius 2 is 1.79 bits per heavy atom. The molecule has 0 aliphatic heterocycles. The van der Waals surface area contributed by atoms with Crippen LogP contribution in [0.5, 0.6) is 0 Å². The van der Waals surface area contributed by atoms with Crippen molar-refractivity contribution in [3.63, 3.8) is 0 Å². The number of nitrogens with one attached hydrogen (secondary N) is 1. The molecule has 0 aliphatic rings. The number of nitrogens with zero attached hydrogens (tertiary/aromatic N) is 2. The Morgan fingerprint density at radius 1 is 1.07 bits per heavy atom. The lowest BCUT2D eigenvalue weighted by atomic mass is 10.1. The summed E-state index contributed by atoms with van der Waals surface area (Å²) in [6.45, 7) is 8.16. The van der Waals surface area contributed by atoms with Crippen molar-refractivity contribution in [1.29, 1.82) is 0 Å². The highest BCUT2D eigenvalue weighted by Gasteiger charge is 2.17. The third-order valence-corrected chi connectivity index (χ3v) is 5.10. The fourth-order valence-corrected chi connectivity index (χ4v) is 3.27. The van der Waals surface area contributed by atoms with Crippen LogP contribution >= 0.6 is 11.6 Å². The van der Waals surface area contributed by atoms with Gasteiger partial charge in [-0.05, 0) is 61.2 Å². The molecule has 1 aromatic heterocycles. The smallest absolute Gasteiger partial charge is 0.336 e. The van der Waals surface area contributed by atoms with Gasteiger partial charge in [-0.25, -0.2) is 9.36 Å². The van der Waals surface area contributed by atoms with Crippen molar-refractivity contribution >= 4 is 28.4 Å². The Bertz CT molecular complexity index is 1210. The number of fused-ring (bicyclic) bond motifs is 1. The van der Waals surface area contributed by atoms with Gasteiger partial charge in [-0.2, -0.15) is 0 Å². The summed E-state index contributed by atoms with van der Waals surface area (Å²) in [4.78, 5) is 38.8. The fraction of sp³-hybridized carbons (Fsp3) is 0.318. The highest BCUT2D eigenvalue weighted by molar-refractivity contribution is 6.31. The zero-order chi connectivity index (χ0) is 21.3. The first-order valence-electron chi connectivity index (χ1n) is 9.48. The van der Waals surface area contributed by atoms with Crippen molar-refractivity contribution in [3.05, 3.63) is 73.4 Å². The first kappa shape index (κ1) is 20.9. The highest BCUT2D eigenvalue weighted by atomic mass is 35.5. The number of carbonyl (C=O) groups is 1. The van der Waals surface area contributed by atoms with Gasteiger partial charge in [0, 0.05) is 11.6 Å². The second kappa shape index (κ2) is 8.25. The number of carbonyl (C=O) groups excluding carboxylic acids is 1. The van der Waals surface area contributed by atoms with Gasteiger partial charge in [-0.3, -0.25) is 14.2 Å². The molecule has 1 N–H and O–H groups in total. The number of hydrogen-bond donors (Lipinski definition) is 1. The van der Waals surface area contributed by atoms with Crippen LogP contribution < -0.4 is 16.6 Å². The Morgan fingerprint density at radius 3 is 2.45 bits per heavy atom. The molecule has 6 nitrogen and oxygen atoms in total. The molecule has 2 aromatic carbocycles. The van der Waals surface area contributed by atoms with E-state index < -0.39 is 11.2 Å². The van der Waals surface area contributed by atoms with E-state index in [1.165, 1.54) is 4.57 Å². The van der Waals surface area contributed by atoms with E-state index in [2.05, 4.69) is 5.32 Å². The van der Waals surface area contributed by atoms with E-state index in [-0.39, 0.29) is 18.4 Å². The van der Waals surface area contributed by atoms with Crippen LogP contribution in [0.15, 0.2) is 46.0 Å². The lowest BCUT2D eigenvalue weighted by Crippen LogP contribution is -2.42. The second-order valence-corrected chi connectivity index (χ2v) is 8.07. The molecule has 0 fully saturated rings. The van der Waals surface area contributed by atoms with Gasteiger partial charge in [-0.1, -0.05) is 31.5 Å². The fourth-order valence-electron chi connectivity index (χ4n) is 3.10. The number of hydrogen-bond acceptors (Lipinski definition) is 3. The summed E-state index contributed by atoms with van der Waals surface area (Å²) in [7, 11) is 0. The number of aryl methyl sites for hydroxylation is 2. The molecule has 29 heavy (non-hydrogen) atoms. The number of rotatable bonds is 5. The highest BCUT2D eigenvalue weighted by Crippen LogP contribution is 2.17. The zero-order valence-corrected chi connectivity index (χ0v) is 17.7. The number of benzene rings is 2. The number of aromatic nitrogens is 2. The quantitative estimate of drug-likeness (QED) is 0.698. The third-order valence-electron chi connectivity index (χ3n) is 4.86. The molecule has 0 radical (unpaired) electrons. The lowest BCUT2D eigenvalue weighted by molar-refractivity contribution is -0.121. The van der Waals surface area contributed by atoms with Crippen LogP contribution in [0.3, 0.4) is 0 Å². The zero-order valence-electron chi connectivity index (χ0n) is 17.0. The van der Waals surface area contributed by atoms with Crippen LogP contribution in [0.4, 0.5) is 0 Å². The Hall–Kier alpha value is -2.86. The molecule has 152 valence electrons. The van der Waals surface area contributed by atoms with Crippen LogP contribution in [0.25, 0.3) is 16.6 Å². The standard InChI is InChI=1S/C22H24ClN3O3/c1-13(2)11-24-20(27)12-25-19-10-16(23)6-8-18(19)21(28)26(22(25)29)17-7-5-14(3)15(4)9-17/h5-10,13H,11-12H2,1-4H3,(H,24,27). The number of amides is 1. The molecule has 0 saturated heterocycles. The molecule has 0 bridgehead atoms. The molecule has 0 atom stereocenters. The van der Waals surface area contributed by atoms with E-state index in [4.69, 9.17) is 11.6 Å². The normalized spacial score (nSPS) is 11.2. The summed E-state index contributed by atoms with van der Waals surface area (Å²) in [5.41, 5.74) is 1.81. The maximum Gasteiger partial charge on any atom is 0.336 e. The largest absolute Gasteiger partial charge is 0.354 e. The second-order valence-electron chi connectivity index (χ2n) is 7.64. The summed E-state index contributed by atoms with van der Waals surface area (Å²) >= 11 is 6.10. The minimum atomic E-state index is -0.576. The molecule has 3 rings (SSSR count). The van der Waals surface area contributed by atoms with Crippen molar-refractivity contribution in [2.75, 3.05) is 6.54 Å². The van der Waals surface area contributed by atoms with Crippen LogP contribution in [0, 0.1) is 19.8 Å². The van der Waals surface area contributed by atoms with E-state index in [1.807, 2.05) is 33.8 Å². The van der Waals surface area contributed by atoms with E-state index >= 15 is 0 Å². The predicted octanol–water partition coefficient (Wildman–Crippen LogP) is 3.19. The van der Waals surface area contributed by atoms with Gasteiger partial charge in [0.2, 0.25) is 5.91 Å². The molecule has 1 heterocycles. The molecule has 0 aliphatic carbocycles. The predicted molar refractivity (Wildman–Crippen MR) is 116 cm³/mol. The summed E-state index contributed by atoms with van der Waals surface area (Å²) < 4.78 is 2.41. The first-order valence-corrected chi connectivity index (χ1v) is 9.86. The van der Waals surface area contributed by atoms with E-state index in [0.717, 1.165) is 15.7 Å². The van der Waals surface area contributed by atoms with Crippen molar-refractivity contribution in [3.8, 4) is 5.69 Å². The Labute approximate surface area is 173 Å².